The van der Waals surface area contributed by atoms with Crippen molar-refractivity contribution in [2.45, 2.75) is 38.3 Å². The summed E-state index contributed by atoms with van der Waals surface area (Å²) in [4.78, 5) is 15.1. The highest BCUT2D eigenvalue weighted by atomic mass is 35.5. The molecule has 0 N–H and O–H groups in total. The van der Waals surface area contributed by atoms with Gasteiger partial charge in [-0.3, -0.25) is 4.57 Å². The van der Waals surface area contributed by atoms with E-state index >= 15 is 0 Å². The predicted octanol–water partition coefficient (Wildman–Crippen LogP) is 6.57. The second kappa shape index (κ2) is 9.60. The van der Waals surface area contributed by atoms with Crippen molar-refractivity contribution in [1.82, 2.24) is 19.5 Å². The highest BCUT2D eigenvalue weighted by Crippen LogP contribution is 2.38. The molecule has 0 amide bonds. The summed E-state index contributed by atoms with van der Waals surface area (Å²) in [5.74, 6) is 0.126. The highest BCUT2D eigenvalue weighted by Gasteiger charge is 2.33. The van der Waals surface area contributed by atoms with Gasteiger partial charge in [0.25, 0.3) is 12.4 Å². The number of benzene rings is 2. The summed E-state index contributed by atoms with van der Waals surface area (Å²) in [6.07, 6.45) is -1.51. The SMILES string of the molecule is C[C@H]1COCCC1n1c(O[C@H]2CCN(c3nc(C(F)F)nc4c3oc3ccccc34)C2)nc2cc(Cl)ccc21. The van der Waals surface area contributed by atoms with Crippen LogP contribution in [0.3, 0.4) is 0 Å². The lowest BCUT2D eigenvalue weighted by Gasteiger charge is -2.31. The Balaban J connectivity index is 1.23. The van der Waals surface area contributed by atoms with Gasteiger partial charge in [-0.15, -0.1) is 0 Å². The fourth-order valence-corrected chi connectivity index (χ4v) is 5.94. The molecule has 2 aliphatic heterocycles. The number of anilines is 1. The number of fused-ring (bicyclic) bond motifs is 4. The Morgan fingerprint density at radius 1 is 1.10 bits per heavy atom. The van der Waals surface area contributed by atoms with Gasteiger partial charge in [0, 0.05) is 41.9 Å². The third kappa shape index (κ3) is 4.26. The zero-order chi connectivity index (χ0) is 26.7. The number of rotatable bonds is 5. The Morgan fingerprint density at radius 2 is 1.97 bits per heavy atom. The third-order valence-corrected chi connectivity index (χ3v) is 7.91. The smallest absolute Gasteiger partial charge is 0.297 e. The van der Waals surface area contributed by atoms with Gasteiger partial charge in [-0.2, -0.15) is 4.98 Å². The molecule has 2 aliphatic rings. The van der Waals surface area contributed by atoms with Crippen LogP contribution in [-0.2, 0) is 4.74 Å². The molecule has 1 unspecified atom stereocenters. The minimum absolute atomic E-state index is 0.170. The van der Waals surface area contributed by atoms with Gasteiger partial charge in [0.1, 0.15) is 17.2 Å². The van der Waals surface area contributed by atoms with Crippen LogP contribution in [0.5, 0.6) is 6.01 Å². The van der Waals surface area contributed by atoms with Crippen LogP contribution >= 0.6 is 11.6 Å². The zero-order valence-corrected chi connectivity index (χ0v) is 21.9. The van der Waals surface area contributed by atoms with E-state index in [4.69, 9.17) is 30.5 Å². The topological polar surface area (TPSA) is 78.4 Å². The molecular formula is C28H26ClF2N5O3. The molecule has 3 atom stereocenters. The Kier molecular flexibility index (Phi) is 6.04. The monoisotopic (exact) mass is 553 g/mol. The number of imidazole rings is 1. The second-order valence-corrected chi connectivity index (χ2v) is 10.7. The van der Waals surface area contributed by atoms with Crippen LogP contribution in [0, 0.1) is 5.92 Å². The summed E-state index contributed by atoms with van der Waals surface area (Å²) in [5.41, 5.74) is 3.11. The van der Waals surface area contributed by atoms with Crippen LogP contribution in [0.1, 0.15) is 38.1 Å². The Hall–Kier alpha value is -3.50. The van der Waals surface area contributed by atoms with Gasteiger partial charge in [-0.25, -0.2) is 18.7 Å². The highest BCUT2D eigenvalue weighted by molar-refractivity contribution is 6.31. The third-order valence-electron chi connectivity index (χ3n) is 7.68. The molecule has 0 spiro atoms. The van der Waals surface area contributed by atoms with Crippen LogP contribution in [-0.4, -0.2) is 51.9 Å². The molecule has 2 fully saturated rings. The molecular weight excluding hydrogens is 528 g/mol. The largest absolute Gasteiger partial charge is 0.459 e. The first kappa shape index (κ1) is 24.5. The van der Waals surface area contributed by atoms with Crippen LogP contribution in [0.2, 0.25) is 5.02 Å². The van der Waals surface area contributed by atoms with E-state index in [0.29, 0.717) is 71.6 Å². The fourth-order valence-electron chi connectivity index (χ4n) is 5.78. The van der Waals surface area contributed by atoms with Gasteiger partial charge in [0.05, 0.1) is 24.2 Å². The Morgan fingerprint density at radius 3 is 2.82 bits per heavy atom. The van der Waals surface area contributed by atoms with Crippen molar-refractivity contribution in [3.05, 3.63) is 53.3 Å². The van der Waals surface area contributed by atoms with Crippen molar-refractivity contribution in [2.75, 3.05) is 31.2 Å². The first-order valence-electron chi connectivity index (χ1n) is 13.1. The lowest BCUT2D eigenvalue weighted by molar-refractivity contribution is 0.0260. The number of nitrogens with zero attached hydrogens (tertiary/aromatic N) is 5. The number of furan rings is 1. The molecule has 0 saturated carbocycles. The van der Waals surface area contributed by atoms with E-state index in [1.54, 1.807) is 6.07 Å². The number of hydrogen-bond donors (Lipinski definition) is 0. The number of aromatic nitrogens is 4. The normalized spacial score (nSPS) is 22.1. The van der Waals surface area contributed by atoms with E-state index in [1.807, 2.05) is 41.3 Å². The molecule has 2 aromatic carbocycles. The maximum atomic E-state index is 13.8. The Bertz CT molecular complexity index is 1690. The van der Waals surface area contributed by atoms with Gasteiger partial charge in [-0.1, -0.05) is 30.7 Å². The summed E-state index contributed by atoms with van der Waals surface area (Å²) >= 11 is 6.27. The molecule has 2 saturated heterocycles. The van der Waals surface area contributed by atoms with Crippen molar-refractivity contribution in [2.24, 2.45) is 5.92 Å². The quantitative estimate of drug-likeness (QED) is 0.243. The van der Waals surface area contributed by atoms with E-state index in [9.17, 15) is 8.78 Å². The Labute approximate surface area is 227 Å². The summed E-state index contributed by atoms with van der Waals surface area (Å²) in [7, 11) is 0. The minimum atomic E-state index is -2.80. The molecule has 0 aliphatic carbocycles. The number of para-hydroxylation sites is 1. The molecule has 11 heteroatoms. The lowest BCUT2D eigenvalue weighted by atomic mass is 9.97. The predicted molar refractivity (Wildman–Crippen MR) is 144 cm³/mol. The molecule has 3 aromatic heterocycles. The number of hydrogen-bond acceptors (Lipinski definition) is 7. The first-order chi connectivity index (χ1) is 19.0. The second-order valence-electron chi connectivity index (χ2n) is 10.3. The number of halogens is 3. The lowest BCUT2D eigenvalue weighted by Crippen LogP contribution is -2.30. The van der Waals surface area contributed by atoms with Gasteiger partial charge in [0.15, 0.2) is 17.2 Å². The summed E-state index contributed by atoms with van der Waals surface area (Å²) < 4.78 is 48.0. The summed E-state index contributed by atoms with van der Waals surface area (Å²) in [6.45, 7) is 4.52. The van der Waals surface area contributed by atoms with Gasteiger partial charge >= 0.3 is 0 Å². The summed E-state index contributed by atoms with van der Waals surface area (Å²) in [5, 5.41) is 1.29. The van der Waals surface area contributed by atoms with E-state index in [-0.39, 0.29) is 18.1 Å². The van der Waals surface area contributed by atoms with Crippen molar-refractivity contribution in [3.63, 3.8) is 0 Å². The molecule has 5 heterocycles. The first-order valence-corrected chi connectivity index (χ1v) is 13.5. The van der Waals surface area contributed by atoms with E-state index in [1.165, 1.54) is 0 Å². The van der Waals surface area contributed by atoms with Crippen LogP contribution in [0.25, 0.3) is 33.1 Å². The average molecular weight is 554 g/mol. The van der Waals surface area contributed by atoms with Crippen LogP contribution < -0.4 is 9.64 Å². The molecule has 0 radical (unpaired) electrons. The minimum Gasteiger partial charge on any atom is -0.459 e. The van der Waals surface area contributed by atoms with E-state index in [0.717, 1.165) is 17.5 Å². The maximum absolute atomic E-state index is 13.8. The fraction of sp³-hybridized carbons (Fsp3) is 0.393. The van der Waals surface area contributed by atoms with Gasteiger partial charge in [0.2, 0.25) is 0 Å². The van der Waals surface area contributed by atoms with Crippen molar-refractivity contribution in [1.29, 1.82) is 0 Å². The maximum Gasteiger partial charge on any atom is 0.297 e. The van der Waals surface area contributed by atoms with Gasteiger partial charge < -0.3 is 18.8 Å². The zero-order valence-electron chi connectivity index (χ0n) is 21.2. The van der Waals surface area contributed by atoms with Crippen LogP contribution in [0.15, 0.2) is 46.9 Å². The van der Waals surface area contributed by atoms with Crippen molar-refractivity contribution >= 4 is 50.5 Å². The molecule has 7 rings (SSSR count). The standard InChI is InChI=1S/C28H26ClF2N5O3/c1-15-14-37-11-9-20(15)36-21-7-6-16(29)12-19(21)32-28(36)38-17-8-10-35(13-17)27-24-23(33-26(34-27)25(30)31)18-4-2-3-5-22(18)39-24/h2-7,12,15,17,20,25H,8-11,13-14H2,1H3/t15-,17-,20?/m0/s1. The van der Waals surface area contributed by atoms with E-state index in [2.05, 4.69) is 21.5 Å². The van der Waals surface area contributed by atoms with Crippen molar-refractivity contribution in [3.8, 4) is 6.01 Å². The molecule has 202 valence electrons. The molecule has 39 heavy (non-hydrogen) atoms. The van der Waals surface area contributed by atoms with Crippen LogP contribution in [0.4, 0.5) is 14.6 Å². The molecule has 8 nitrogen and oxygen atoms in total. The summed E-state index contributed by atoms with van der Waals surface area (Å²) in [6, 6.07) is 13.7. The number of ether oxygens (including phenoxy) is 2. The average Bonchev–Trinajstić information content (AvgIpc) is 3.63. The van der Waals surface area contributed by atoms with E-state index < -0.39 is 12.2 Å². The molecule has 5 aromatic rings. The van der Waals surface area contributed by atoms with Gasteiger partial charge in [-0.05, 0) is 36.8 Å². The van der Waals surface area contributed by atoms with Crippen molar-refractivity contribution < 1.29 is 22.7 Å². The molecule has 0 bridgehead atoms. The number of alkyl halides is 2.